The van der Waals surface area contributed by atoms with E-state index < -0.39 is 0 Å². The Hall–Kier alpha value is -0.530. The first-order valence-corrected chi connectivity index (χ1v) is 5.00. The fourth-order valence-electron chi connectivity index (χ4n) is 1.12. The van der Waals surface area contributed by atoms with Crippen molar-refractivity contribution >= 4 is 29.0 Å². The number of benzene rings is 1. The van der Waals surface area contributed by atoms with Crippen molar-refractivity contribution in [2.24, 2.45) is 0 Å². The van der Waals surface area contributed by atoms with Crippen LogP contribution in [0, 0.1) is 0 Å². The highest BCUT2D eigenvalue weighted by molar-refractivity contribution is 6.18. The summed E-state index contributed by atoms with van der Waals surface area (Å²) in [7, 11) is 0. The van der Waals surface area contributed by atoms with Crippen molar-refractivity contribution in [2.75, 3.05) is 0 Å². The molecule has 0 atom stereocenters. The standard InChI is InChI=1S/C10H10Cl2O/c1-7(13)10-3-8(5-11)2-9(4-10)6-12/h2-4H,5-6H2,1H3. The monoisotopic (exact) mass is 216 g/mol. The second-order valence-corrected chi connectivity index (χ2v) is 3.40. The predicted octanol–water partition coefficient (Wildman–Crippen LogP) is 3.37. The predicted molar refractivity (Wildman–Crippen MR) is 55.6 cm³/mol. The van der Waals surface area contributed by atoms with Crippen molar-refractivity contribution in [1.82, 2.24) is 0 Å². The van der Waals surface area contributed by atoms with E-state index in [-0.39, 0.29) is 5.78 Å². The topological polar surface area (TPSA) is 17.1 Å². The van der Waals surface area contributed by atoms with Crippen LogP contribution in [-0.2, 0) is 11.8 Å². The molecule has 1 aromatic rings. The summed E-state index contributed by atoms with van der Waals surface area (Å²) in [5, 5.41) is 0. The highest BCUT2D eigenvalue weighted by Gasteiger charge is 2.03. The summed E-state index contributed by atoms with van der Waals surface area (Å²) in [6.45, 7) is 1.53. The third-order valence-electron chi connectivity index (χ3n) is 1.77. The van der Waals surface area contributed by atoms with Crippen LogP contribution in [0.4, 0.5) is 0 Å². The molecule has 3 heteroatoms. The first-order valence-electron chi connectivity index (χ1n) is 3.93. The Kier molecular flexibility index (Phi) is 3.76. The fourth-order valence-corrected chi connectivity index (χ4v) is 1.43. The molecule has 0 aliphatic carbocycles. The molecule has 0 saturated heterocycles. The zero-order valence-electron chi connectivity index (χ0n) is 7.31. The molecule has 0 spiro atoms. The number of carbonyl (C=O) groups excluding carboxylic acids is 1. The molecule has 13 heavy (non-hydrogen) atoms. The lowest BCUT2D eigenvalue weighted by molar-refractivity contribution is 0.101. The van der Waals surface area contributed by atoms with Gasteiger partial charge in [0.25, 0.3) is 0 Å². The number of halogens is 2. The first kappa shape index (κ1) is 10.6. The SMILES string of the molecule is CC(=O)c1cc(CCl)cc(CCl)c1. The average molecular weight is 217 g/mol. The summed E-state index contributed by atoms with van der Waals surface area (Å²) in [5.41, 5.74) is 2.55. The van der Waals surface area contributed by atoms with Crippen LogP contribution in [0.1, 0.15) is 28.4 Å². The van der Waals surface area contributed by atoms with Crippen LogP contribution < -0.4 is 0 Å². The van der Waals surface area contributed by atoms with Crippen molar-refractivity contribution in [1.29, 1.82) is 0 Å². The third kappa shape index (κ3) is 2.71. The second-order valence-electron chi connectivity index (χ2n) is 2.86. The Morgan fingerprint density at radius 1 is 1.15 bits per heavy atom. The van der Waals surface area contributed by atoms with Crippen LogP contribution >= 0.6 is 23.2 Å². The third-order valence-corrected chi connectivity index (χ3v) is 2.38. The Balaban J connectivity index is 3.14. The van der Waals surface area contributed by atoms with Crippen molar-refractivity contribution in [3.63, 3.8) is 0 Å². The summed E-state index contributed by atoms with van der Waals surface area (Å²) >= 11 is 11.4. The Labute approximate surface area is 87.7 Å². The Morgan fingerprint density at radius 3 is 1.92 bits per heavy atom. The van der Waals surface area contributed by atoms with E-state index in [9.17, 15) is 4.79 Å². The summed E-state index contributed by atoms with van der Waals surface area (Å²) in [5.74, 6) is 0.856. The van der Waals surface area contributed by atoms with Crippen LogP contribution in [0.3, 0.4) is 0 Å². The second kappa shape index (κ2) is 4.64. The van der Waals surface area contributed by atoms with Gasteiger partial charge in [-0.2, -0.15) is 0 Å². The molecule has 0 heterocycles. The molecule has 1 nitrogen and oxygen atoms in total. The maximum absolute atomic E-state index is 11.1. The van der Waals surface area contributed by atoms with Gasteiger partial charge in [0.2, 0.25) is 0 Å². The van der Waals surface area contributed by atoms with E-state index in [2.05, 4.69) is 0 Å². The zero-order valence-corrected chi connectivity index (χ0v) is 8.82. The molecular formula is C10H10Cl2O. The molecule has 1 aromatic carbocycles. The number of carbonyl (C=O) groups is 1. The molecule has 0 aliphatic rings. The van der Waals surface area contributed by atoms with E-state index >= 15 is 0 Å². The molecule has 0 radical (unpaired) electrons. The molecule has 0 unspecified atom stereocenters. The largest absolute Gasteiger partial charge is 0.295 e. The van der Waals surface area contributed by atoms with Gasteiger partial charge in [-0.1, -0.05) is 6.07 Å². The van der Waals surface area contributed by atoms with Gasteiger partial charge in [-0.25, -0.2) is 0 Å². The molecule has 70 valence electrons. The van der Waals surface area contributed by atoms with Crippen LogP contribution in [0.25, 0.3) is 0 Å². The Morgan fingerprint density at radius 2 is 1.62 bits per heavy atom. The maximum atomic E-state index is 11.1. The minimum Gasteiger partial charge on any atom is -0.295 e. The minimum atomic E-state index is 0.0401. The number of Topliss-reactive ketones (excluding diaryl/α,β-unsaturated/α-hetero) is 1. The highest BCUT2D eigenvalue weighted by Crippen LogP contribution is 2.14. The molecular weight excluding hydrogens is 207 g/mol. The molecule has 1 rings (SSSR count). The van der Waals surface area contributed by atoms with E-state index in [0.29, 0.717) is 17.3 Å². The van der Waals surface area contributed by atoms with Crippen molar-refractivity contribution in [3.8, 4) is 0 Å². The number of hydrogen-bond donors (Lipinski definition) is 0. The molecule has 0 N–H and O–H groups in total. The van der Waals surface area contributed by atoms with Crippen molar-refractivity contribution in [3.05, 3.63) is 34.9 Å². The maximum Gasteiger partial charge on any atom is 0.159 e. The number of rotatable bonds is 3. The lowest BCUT2D eigenvalue weighted by atomic mass is 10.1. The van der Waals surface area contributed by atoms with Gasteiger partial charge in [-0.15, -0.1) is 23.2 Å². The van der Waals surface area contributed by atoms with Gasteiger partial charge in [-0.3, -0.25) is 4.79 Å². The molecule has 0 amide bonds. The molecule has 0 bridgehead atoms. The summed E-state index contributed by atoms with van der Waals surface area (Å²) in [6.07, 6.45) is 0. The highest BCUT2D eigenvalue weighted by atomic mass is 35.5. The van der Waals surface area contributed by atoms with Crippen LogP contribution in [0.15, 0.2) is 18.2 Å². The van der Waals surface area contributed by atoms with Gasteiger partial charge in [0, 0.05) is 17.3 Å². The van der Waals surface area contributed by atoms with Gasteiger partial charge in [0.05, 0.1) is 0 Å². The normalized spacial score (nSPS) is 10.1. The summed E-state index contributed by atoms with van der Waals surface area (Å²) < 4.78 is 0. The van der Waals surface area contributed by atoms with E-state index in [4.69, 9.17) is 23.2 Å². The number of ketones is 1. The van der Waals surface area contributed by atoms with Gasteiger partial charge in [0.1, 0.15) is 0 Å². The van der Waals surface area contributed by atoms with Crippen molar-refractivity contribution in [2.45, 2.75) is 18.7 Å². The molecule has 0 aliphatic heterocycles. The van der Waals surface area contributed by atoms with E-state index in [1.54, 1.807) is 12.1 Å². The van der Waals surface area contributed by atoms with Gasteiger partial charge in [0.15, 0.2) is 5.78 Å². The quantitative estimate of drug-likeness (QED) is 0.560. The Bertz CT molecular complexity index is 298. The van der Waals surface area contributed by atoms with Crippen molar-refractivity contribution < 1.29 is 4.79 Å². The number of hydrogen-bond acceptors (Lipinski definition) is 1. The van der Waals surface area contributed by atoms with Gasteiger partial charge >= 0.3 is 0 Å². The van der Waals surface area contributed by atoms with E-state index in [0.717, 1.165) is 11.1 Å². The van der Waals surface area contributed by atoms with Crippen LogP contribution in [0.2, 0.25) is 0 Å². The molecule has 0 fully saturated rings. The first-order chi connectivity index (χ1) is 6.17. The van der Waals surface area contributed by atoms with Gasteiger partial charge < -0.3 is 0 Å². The van der Waals surface area contributed by atoms with Crippen LogP contribution in [0.5, 0.6) is 0 Å². The van der Waals surface area contributed by atoms with E-state index in [1.165, 1.54) is 6.92 Å². The fraction of sp³-hybridized carbons (Fsp3) is 0.300. The van der Waals surface area contributed by atoms with Crippen LogP contribution in [-0.4, -0.2) is 5.78 Å². The molecule has 0 aromatic heterocycles. The molecule has 0 saturated carbocycles. The average Bonchev–Trinajstić information content (AvgIpc) is 2.16. The smallest absolute Gasteiger partial charge is 0.159 e. The lowest BCUT2D eigenvalue weighted by Crippen LogP contribution is -1.95. The summed E-state index contributed by atoms with van der Waals surface area (Å²) in [6, 6.07) is 5.50. The van der Waals surface area contributed by atoms with E-state index in [1.807, 2.05) is 6.07 Å². The van der Waals surface area contributed by atoms with Gasteiger partial charge in [-0.05, 0) is 30.2 Å². The minimum absolute atomic E-state index is 0.0401. The zero-order chi connectivity index (χ0) is 9.84. The lowest BCUT2D eigenvalue weighted by Gasteiger charge is -2.03. The number of alkyl halides is 2. The summed E-state index contributed by atoms with van der Waals surface area (Å²) in [4.78, 5) is 11.1.